The van der Waals surface area contributed by atoms with E-state index in [9.17, 15) is 8.42 Å². The van der Waals surface area contributed by atoms with Crippen LogP contribution in [0, 0.1) is 0 Å². The number of nitrogens with one attached hydrogen (secondary N) is 1. The lowest BCUT2D eigenvalue weighted by atomic mass is 10.3. The number of rotatable bonds is 4. The van der Waals surface area contributed by atoms with Crippen molar-refractivity contribution >= 4 is 31.6 Å². The summed E-state index contributed by atoms with van der Waals surface area (Å²) in [4.78, 5) is 0.170. The largest absolute Gasteiger partial charge is 0.496 e. The van der Waals surface area contributed by atoms with Gasteiger partial charge in [0.25, 0.3) is 10.0 Å². The third-order valence-electron chi connectivity index (χ3n) is 2.46. The molecule has 0 aliphatic rings. The number of para-hydroxylation sites is 1. The van der Waals surface area contributed by atoms with Crippen molar-refractivity contribution < 1.29 is 13.2 Å². The van der Waals surface area contributed by atoms with Crippen LogP contribution in [0.3, 0.4) is 0 Å². The van der Waals surface area contributed by atoms with Crippen LogP contribution >= 0.6 is 15.9 Å². The summed E-state index contributed by atoms with van der Waals surface area (Å²) in [5.74, 6) is 0.582. The van der Waals surface area contributed by atoms with Crippen LogP contribution in [-0.2, 0) is 10.0 Å². The van der Waals surface area contributed by atoms with E-state index in [0.29, 0.717) is 15.9 Å². The van der Waals surface area contributed by atoms with E-state index in [4.69, 9.17) is 4.74 Å². The van der Waals surface area contributed by atoms with Crippen molar-refractivity contribution in [2.45, 2.75) is 4.90 Å². The monoisotopic (exact) mass is 341 g/mol. The molecule has 0 saturated heterocycles. The van der Waals surface area contributed by atoms with E-state index >= 15 is 0 Å². The van der Waals surface area contributed by atoms with Crippen molar-refractivity contribution in [2.24, 2.45) is 0 Å². The first-order valence-corrected chi connectivity index (χ1v) is 7.72. The molecule has 0 saturated carbocycles. The molecule has 0 radical (unpaired) electrons. The van der Waals surface area contributed by atoms with Gasteiger partial charge in [-0.2, -0.15) is 0 Å². The Kier molecular flexibility index (Phi) is 4.11. The fourth-order valence-electron chi connectivity index (χ4n) is 1.53. The zero-order valence-corrected chi connectivity index (χ0v) is 12.5. The van der Waals surface area contributed by atoms with Crippen molar-refractivity contribution in [1.29, 1.82) is 0 Å². The smallest absolute Gasteiger partial charge is 0.261 e. The molecule has 2 aromatic carbocycles. The zero-order valence-electron chi connectivity index (χ0n) is 10.1. The SMILES string of the molecule is COc1ccc(S(=O)(=O)Nc2ccccc2)cc1Br. The van der Waals surface area contributed by atoms with Gasteiger partial charge in [0.15, 0.2) is 0 Å². The standard InChI is InChI=1S/C13H12BrNO3S/c1-18-13-8-7-11(9-12(13)14)19(16,17)15-10-5-3-2-4-6-10/h2-9,15H,1H3. The second-order valence-corrected chi connectivity index (χ2v) is 6.30. The van der Waals surface area contributed by atoms with Gasteiger partial charge in [0.1, 0.15) is 5.75 Å². The maximum atomic E-state index is 12.2. The molecule has 0 spiro atoms. The lowest BCUT2D eigenvalue weighted by molar-refractivity contribution is 0.411. The number of hydrogen-bond donors (Lipinski definition) is 1. The molecular formula is C13H12BrNO3S. The Balaban J connectivity index is 2.32. The normalized spacial score (nSPS) is 11.1. The highest BCUT2D eigenvalue weighted by molar-refractivity contribution is 9.10. The van der Waals surface area contributed by atoms with Gasteiger partial charge in [-0.3, -0.25) is 4.72 Å². The predicted octanol–water partition coefficient (Wildman–Crippen LogP) is 3.26. The summed E-state index contributed by atoms with van der Waals surface area (Å²) in [5, 5.41) is 0. The minimum Gasteiger partial charge on any atom is -0.496 e. The van der Waals surface area contributed by atoms with Crippen LogP contribution < -0.4 is 9.46 Å². The lowest BCUT2D eigenvalue weighted by Crippen LogP contribution is -2.12. The fourth-order valence-corrected chi connectivity index (χ4v) is 3.31. The molecule has 0 bridgehead atoms. The summed E-state index contributed by atoms with van der Waals surface area (Å²) in [6.07, 6.45) is 0. The summed E-state index contributed by atoms with van der Waals surface area (Å²) in [6.45, 7) is 0. The molecule has 2 aromatic rings. The van der Waals surface area contributed by atoms with Gasteiger partial charge in [-0.15, -0.1) is 0 Å². The summed E-state index contributed by atoms with van der Waals surface area (Å²) < 4.78 is 32.5. The van der Waals surface area contributed by atoms with Crippen LogP contribution in [0.5, 0.6) is 5.75 Å². The maximum Gasteiger partial charge on any atom is 0.261 e. The molecule has 0 amide bonds. The van der Waals surface area contributed by atoms with E-state index < -0.39 is 10.0 Å². The first-order chi connectivity index (χ1) is 9.03. The van der Waals surface area contributed by atoms with Crippen LogP contribution in [0.25, 0.3) is 0 Å². The molecule has 0 heterocycles. The number of methoxy groups -OCH3 is 1. The minimum atomic E-state index is -3.60. The van der Waals surface area contributed by atoms with E-state index in [0.717, 1.165) is 0 Å². The third-order valence-corrected chi connectivity index (χ3v) is 4.46. The number of ether oxygens (including phenoxy) is 1. The molecule has 0 atom stereocenters. The topological polar surface area (TPSA) is 55.4 Å². The average molecular weight is 342 g/mol. The average Bonchev–Trinajstić information content (AvgIpc) is 2.39. The first-order valence-electron chi connectivity index (χ1n) is 5.44. The van der Waals surface area contributed by atoms with Crippen LogP contribution in [-0.4, -0.2) is 15.5 Å². The number of hydrogen-bond acceptors (Lipinski definition) is 3. The molecule has 0 aliphatic carbocycles. The number of sulfonamides is 1. The molecule has 19 heavy (non-hydrogen) atoms. The Morgan fingerprint density at radius 3 is 2.37 bits per heavy atom. The van der Waals surface area contributed by atoms with Crippen LogP contribution in [0.4, 0.5) is 5.69 Å². The van der Waals surface area contributed by atoms with E-state index in [1.165, 1.54) is 19.2 Å². The van der Waals surface area contributed by atoms with Gasteiger partial charge in [-0.1, -0.05) is 18.2 Å². The Morgan fingerprint density at radius 2 is 1.79 bits per heavy atom. The second-order valence-electron chi connectivity index (χ2n) is 3.77. The number of benzene rings is 2. The molecule has 0 unspecified atom stereocenters. The van der Waals surface area contributed by atoms with Crippen molar-refractivity contribution in [2.75, 3.05) is 11.8 Å². The van der Waals surface area contributed by atoms with Gasteiger partial charge >= 0.3 is 0 Å². The van der Waals surface area contributed by atoms with Crippen molar-refractivity contribution in [3.05, 3.63) is 53.0 Å². The van der Waals surface area contributed by atoms with Crippen molar-refractivity contribution in [1.82, 2.24) is 0 Å². The highest BCUT2D eigenvalue weighted by Crippen LogP contribution is 2.28. The Bertz CT molecular complexity index is 672. The Labute approximate surface area is 120 Å². The Hall–Kier alpha value is -1.53. The van der Waals surface area contributed by atoms with Crippen molar-refractivity contribution in [3.63, 3.8) is 0 Å². The van der Waals surface area contributed by atoms with Crippen LogP contribution in [0.2, 0.25) is 0 Å². The van der Waals surface area contributed by atoms with Crippen molar-refractivity contribution in [3.8, 4) is 5.75 Å². The summed E-state index contributed by atoms with van der Waals surface area (Å²) >= 11 is 3.27. The van der Waals surface area contributed by atoms with E-state index in [1.807, 2.05) is 6.07 Å². The number of halogens is 1. The van der Waals surface area contributed by atoms with E-state index in [1.54, 1.807) is 30.3 Å². The van der Waals surface area contributed by atoms with E-state index in [2.05, 4.69) is 20.7 Å². The van der Waals surface area contributed by atoms with Crippen LogP contribution in [0.1, 0.15) is 0 Å². The van der Waals surface area contributed by atoms with Gasteiger partial charge in [0, 0.05) is 5.69 Å². The quantitative estimate of drug-likeness (QED) is 0.928. The highest BCUT2D eigenvalue weighted by Gasteiger charge is 2.15. The molecule has 100 valence electrons. The third kappa shape index (κ3) is 3.27. The second kappa shape index (κ2) is 5.63. The molecular weight excluding hydrogens is 330 g/mol. The number of anilines is 1. The molecule has 0 aliphatic heterocycles. The highest BCUT2D eigenvalue weighted by atomic mass is 79.9. The minimum absolute atomic E-state index is 0.170. The fraction of sp³-hybridized carbons (Fsp3) is 0.0769. The van der Waals surface area contributed by atoms with Gasteiger partial charge in [-0.05, 0) is 46.3 Å². The van der Waals surface area contributed by atoms with Gasteiger partial charge in [-0.25, -0.2) is 8.42 Å². The van der Waals surface area contributed by atoms with Gasteiger partial charge in [0.05, 0.1) is 16.5 Å². The zero-order chi connectivity index (χ0) is 13.9. The predicted molar refractivity (Wildman–Crippen MR) is 77.9 cm³/mol. The molecule has 1 N–H and O–H groups in total. The summed E-state index contributed by atoms with van der Waals surface area (Å²) in [7, 11) is -2.07. The lowest BCUT2D eigenvalue weighted by Gasteiger charge is -2.09. The van der Waals surface area contributed by atoms with Crippen LogP contribution in [0.15, 0.2) is 57.9 Å². The van der Waals surface area contributed by atoms with Gasteiger partial charge in [0.2, 0.25) is 0 Å². The van der Waals surface area contributed by atoms with Gasteiger partial charge < -0.3 is 4.74 Å². The first kappa shape index (κ1) is 13.9. The summed E-state index contributed by atoms with van der Waals surface area (Å²) in [6, 6.07) is 13.3. The van der Waals surface area contributed by atoms with E-state index in [-0.39, 0.29) is 4.90 Å². The summed E-state index contributed by atoms with van der Waals surface area (Å²) in [5.41, 5.74) is 0.523. The molecule has 0 aromatic heterocycles. The molecule has 0 fully saturated rings. The molecule has 6 heteroatoms. The Morgan fingerprint density at radius 1 is 1.11 bits per heavy atom. The maximum absolute atomic E-state index is 12.2. The molecule has 2 rings (SSSR count). The molecule has 4 nitrogen and oxygen atoms in total.